The van der Waals surface area contributed by atoms with Crippen LogP contribution in [0.1, 0.15) is 18.1 Å². The first-order chi connectivity index (χ1) is 13.5. The molecule has 0 spiro atoms. The average Bonchev–Trinajstić information content (AvgIpc) is 3.02. The minimum absolute atomic E-state index is 0.170. The number of nitrogens with zero attached hydrogens (tertiary/aromatic N) is 1. The van der Waals surface area contributed by atoms with Crippen molar-refractivity contribution in [3.8, 4) is 11.5 Å². The van der Waals surface area contributed by atoms with E-state index in [1.165, 1.54) is 0 Å². The fourth-order valence-electron chi connectivity index (χ4n) is 2.53. The normalized spacial score (nSPS) is 14.6. The molecular formula is C21H17BrClNO4. The van der Waals surface area contributed by atoms with E-state index in [9.17, 15) is 4.79 Å². The zero-order valence-electron chi connectivity index (χ0n) is 15.1. The highest BCUT2D eigenvalue weighted by atomic mass is 79.9. The van der Waals surface area contributed by atoms with Gasteiger partial charge in [0.2, 0.25) is 5.90 Å². The molecule has 144 valence electrons. The maximum atomic E-state index is 12.3. The van der Waals surface area contributed by atoms with Crippen LogP contribution in [0.15, 0.2) is 64.2 Å². The summed E-state index contributed by atoms with van der Waals surface area (Å²) in [6.07, 6.45) is 3.21. The van der Waals surface area contributed by atoms with Gasteiger partial charge >= 0.3 is 5.97 Å². The van der Waals surface area contributed by atoms with E-state index in [2.05, 4.69) is 27.5 Å². The second-order valence-electron chi connectivity index (χ2n) is 5.68. The summed E-state index contributed by atoms with van der Waals surface area (Å²) in [7, 11) is 0. The van der Waals surface area contributed by atoms with Crippen LogP contribution in [0.4, 0.5) is 0 Å². The largest absolute Gasteiger partial charge is 0.490 e. The molecule has 7 heteroatoms. The minimum Gasteiger partial charge on any atom is -0.490 e. The number of ether oxygens (including phenoxy) is 3. The molecule has 0 radical (unpaired) electrons. The summed E-state index contributed by atoms with van der Waals surface area (Å²) < 4.78 is 17.3. The Morgan fingerprint density at radius 2 is 2.07 bits per heavy atom. The predicted molar refractivity (Wildman–Crippen MR) is 113 cm³/mol. The van der Waals surface area contributed by atoms with E-state index >= 15 is 0 Å². The molecular weight excluding hydrogens is 446 g/mol. The molecule has 0 aromatic heterocycles. The van der Waals surface area contributed by atoms with E-state index in [0.717, 1.165) is 4.47 Å². The Kier molecular flexibility index (Phi) is 6.54. The Hall–Kier alpha value is -2.57. The molecule has 0 saturated heterocycles. The molecule has 0 saturated carbocycles. The number of rotatable bonds is 7. The first-order valence-corrected chi connectivity index (χ1v) is 9.68. The molecule has 0 atom stereocenters. The maximum absolute atomic E-state index is 12.3. The fraction of sp³-hybridized carbons (Fsp3) is 0.143. The van der Waals surface area contributed by atoms with Crippen molar-refractivity contribution in [3.05, 3.63) is 75.4 Å². The van der Waals surface area contributed by atoms with Crippen LogP contribution in [0.5, 0.6) is 11.5 Å². The zero-order chi connectivity index (χ0) is 20.1. The van der Waals surface area contributed by atoms with Crippen molar-refractivity contribution >= 4 is 45.5 Å². The van der Waals surface area contributed by atoms with Gasteiger partial charge in [-0.1, -0.05) is 36.4 Å². The molecule has 5 nitrogen and oxygen atoms in total. The van der Waals surface area contributed by atoms with Crippen LogP contribution in [0.3, 0.4) is 0 Å². The third-order valence-electron chi connectivity index (χ3n) is 3.71. The van der Waals surface area contributed by atoms with E-state index in [1.54, 1.807) is 24.3 Å². The highest BCUT2D eigenvalue weighted by molar-refractivity contribution is 9.10. The topological polar surface area (TPSA) is 57.1 Å². The number of cyclic esters (lactones) is 1. The lowest BCUT2D eigenvalue weighted by Gasteiger charge is -2.13. The van der Waals surface area contributed by atoms with Crippen LogP contribution in [0.2, 0.25) is 5.02 Å². The number of carbonyl (C=O) groups excluding carboxylic acids is 1. The van der Waals surface area contributed by atoms with Crippen LogP contribution in [0.25, 0.3) is 6.08 Å². The van der Waals surface area contributed by atoms with Crippen LogP contribution in [-0.2, 0) is 9.53 Å². The Balaban J connectivity index is 1.97. The number of carbonyl (C=O) groups is 1. The summed E-state index contributed by atoms with van der Waals surface area (Å²) in [4.78, 5) is 16.6. The number of esters is 1. The summed E-state index contributed by atoms with van der Waals surface area (Å²) in [5, 5.41) is 0.362. The van der Waals surface area contributed by atoms with Gasteiger partial charge in [-0.25, -0.2) is 9.79 Å². The quantitative estimate of drug-likeness (QED) is 0.314. The third kappa shape index (κ3) is 4.46. The average molecular weight is 463 g/mol. The molecule has 1 aliphatic heterocycles. The highest BCUT2D eigenvalue weighted by Gasteiger charge is 2.25. The summed E-state index contributed by atoms with van der Waals surface area (Å²) in [5.41, 5.74) is 1.51. The Morgan fingerprint density at radius 1 is 1.29 bits per heavy atom. The van der Waals surface area contributed by atoms with Crippen LogP contribution >= 0.6 is 27.5 Å². The van der Waals surface area contributed by atoms with Crippen molar-refractivity contribution in [3.63, 3.8) is 0 Å². The van der Waals surface area contributed by atoms with Gasteiger partial charge in [-0.3, -0.25) is 0 Å². The number of aliphatic imine (C=N–C) groups is 1. The lowest BCUT2D eigenvalue weighted by molar-refractivity contribution is -0.129. The predicted octanol–water partition coefficient (Wildman–Crippen LogP) is 5.41. The minimum atomic E-state index is -0.535. The lowest BCUT2D eigenvalue weighted by Crippen LogP contribution is -2.05. The molecule has 0 fully saturated rings. The van der Waals surface area contributed by atoms with Crippen LogP contribution in [0, 0.1) is 0 Å². The Bertz CT molecular complexity index is 984. The van der Waals surface area contributed by atoms with E-state index in [-0.39, 0.29) is 11.6 Å². The van der Waals surface area contributed by atoms with Crippen molar-refractivity contribution in [2.24, 2.45) is 4.99 Å². The van der Waals surface area contributed by atoms with Crippen molar-refractivity contribution in [2.45, 2.75) is 6.92 Å². The molecule has 2 aromatic rings. The molecule has 3 rings (SSSR count). The summed E-state index contributed by atoms with van der Waals surface area (Å²) >= 11 is 9.78. The molecule has 28 heavy (non-hydrogen) atoms. The SMILES string of the molecule is C=CCOc1c(Cl)cc(/C=C2\N=C(c3ccccc3Br)OC2=O)cc1OCC. The summed E-state index contributed by atoms with van der Waals surface area (Å²) in [6.45, 7) is 6.22. The third-order valence-corrected chi connectivity index (χ3v) is 4.68. The number of benzene rings is 2. The maximum Gasteiger partial charge on any atom is 0.363 e. The standard InChI is InChI=1S/C21H17BrClNO4/c1-3-9-27-19-16(23)10-13(12-18(19)26-4-2)11-17-21(25)28-20(24-17)14-7-5-6-8-15(14)22/h3,5-8,10-12H,1,4,9H2,2H3/b17-11-. The fourth-order valence-corrected chi connectivity index (χ4v) is 3.26. The summed E-state index contributed by atoms with van der Waals surface area (Å²) in [5.74, 6) is 0.611. The van der Waals surface area contributed by atoms with Gasteiger partial charge in [-0.15, -0.1) is 0 Å². The Labute approximate surface area is 176 Å². The molecule has 0 amide bonds. The number of hydrogen-bond donors (Lipinski definition) is 0. The van der Waals surface area contributed by atoms with Gasteiger partial charge in [0.15, 0.2) is 17.2 Å². The smallest absolute Gasteiger partial charge is 0.363 e. The molecule has 1 heterocycles. The van der Waals surface area contributed by atoms with Crippen LogP contribution in [-0.4, -0.2) is 25.1 Å². The van der Waals surface area contributed by atoms with E-state index < -0.39 is 5.97 Å². The van der Waals surface area contributed by atoms with E-state index in [1.807, 2.05) is 31.2 Å². The molecule has 0 unspecified atom stereocenters. The lowest BCUT2D eigenvalue weighted by atomic mass is 10.1. The van der Waals surface area contributed by atoms with Gasteiger partial charge in [-0.05, 0) is 58.8 Å². The van der Waals surface area contributed by atoms with Gasteiger partial charge in [0.05, 0.1) is 17.2 Å². The molecule has 2 aromatic carbocycles. The second-order valence-corrected chi connectivity index (χ2v) is 6.94. The van der Waals surface area contributed by atoms with Crippen molar-refractivity contribution in [1.82, 2.24) is 0 Å². The monoisotopic (exact) mass is 461 g/mol. The molecule has 0 aliphatic carbocycles. The highest BCUT2D eigenvalue weighted by Crippen LogP contribution is 2.37. The summed E-state index contributed by atoms with van der Waals surface area (Å²) in [6, 6.07) is 10.8. The van der Waals surface area contributed by atoms with Gasteiger partial charge in [0.1, 0.15) is 6.61 Å². The molecule has 0 N–H and O–H groups in total. The second kappa shape index (κ2) is 9.08. The number of hydrogen-bond acceptors (Lipinski definition) is 5. The van der Waals surface area contributed by atoms with Gasteiger partial charge < -0.3 is 14.2 Å². The van der Waals surface area contributed by atoms with Gasteiger partial charge in [0.25, 0.3) is 0 Å². The van der Waals surface area contributed by atoms with Crippen LogP contribution < -0.4 is 9.47 Å². The zero-order valence-corrected chi connectivity index (χ0v) is 17.4. The molecule has 0 bridgehead atoms. The van der Waals surface area contributed by atoms with Crippen molar-refractivity contribution in [2.75, 3.05) is 13.2 Å². The first-order valence-electron chi connectivity index (χ1n) is 8.51. The first kappa shape index (κ1) is 20.2. The van der Waals surface area contributed by atoms with Crippen molar-refractivity contribution < 1.29 is 19.0 Å². The molecule has 1 aliphatic rings. The van der Waals surface area contributed by atoms with E-state index in [0.29, 0.717) is 40.9 Å². The van der Waals surface area contributed by atoms with Crippen molar-refractivity contribution in [1.29, 1.82) is 0 Å². The Morgan fingerprint density at radius 3 is 2.79 bits per heavy atom. The van der Waals surface area contributed by atoms with E-state index in [4.69, 9.17) is 25.8 Å². The number of halogens is 2. The van der Waals surface area contributed by atoms with Gasteiger partial charge in [0, 0.05) is 4.47 Å². The van der Waals surface area contributed by atoms with Gasteiger partial charge in [-0.2, -0.15) is 0 Å².